The third kappa shape index (κ3) is 4.26. The molecule has 0 radical (unpaired) electrons. The molecular formula is C20H27N5O3S2. The number of anilines is 1. The molecule has 2 aliphatic carbocycles. The van der Waals surface area contributed by atoms with E-state index in [1.54, 1.807) is 12.1 Å². The lowest BCUT2D eigenvalue weighted by molar-refractivity contribution is -0.115. The molecule has 1 amide bonds. The number of aromatic nitrogens is 3. The van der Waals surface area contributed by atoms with Crippen LogP contribution in [0.1, 0.15) is 56.0 Å². The van der Waals surface area contributed by atoms with Gasteiger partial charge in [-0.15, -0.1) is 10.2 Å². The second-order valence-corrected chi connectivity index (χ2v) is 11.7. The normalized spacial score (nSPS) is 17.9. The molecule has 10 heteroatoms. The Morgan fingerprint density at radius 3 is 2.53 bits per heavy atom. The number of sulfonamides is 1. The summed E-state index contributed by atoms with van der Waals surface area (Å²) in [6, 6.07) is 5.23. The minimum atomic E-state index is -3.57. The van der Waals surface area contributed by atoms with Gasteiger partial charge in [0.15, 0.2) is 5.16 Å². The maximum absolute atomic E-state index is 12.9. The van der Waals surface area contributed by atoms with Crippen molar-refractivity contribution in [3.05, 3.63) is 29.6 Å². The van der Waals surface area contributed by atoms with Gasteiger partial charge in [0.2, 0.25) is 15.9 Å². The zero-order chi connectivity index (χ0) is 21.6. The number of carbonyl (C=O) groups excluding carboxylic acids is 1. The van der Waals surface area contributed by atoms with Crippen molar-refractivity contribution in [3.8, 4) is 0 Å². The molecule has 1 N–H and O–H groups in total. The quantitative estimate of drug-likeness (QED) is 0.622. The lowest BCUT2D eigenvalue weighted by Gasteiger charge is -2.16. The van der Waals surface area contributed by atoms with Crippen molar-refractivity contribution in [1.29, 1.82) is 0 Å². The Hall–Kier alpha value is -1.91. The number of hydrogen-bond donors (Lipinski definition) is 1. The first-order valence-corrected chi connectivity index (χ1v) is 12.5. The van der Waals surface area contributed by atoms with Crippen LogP contribution in [0.5, 0.6) is 0 Å². The maximum atomic E-state index is 12.9. The molecule has 1 heterocycles. The average Bonchev–Trinajstić information content (AvgIpc) is 3.62. The zero-order valence-corrected chi connectivity index (χ0v) is 19.3. The third-order valence-electron chi connectivity index (χ3n) is 5.44. The van der Waals surface area contributed by atoms with Crippen LogP contribution in [-0.4, -0.2) is 52.7 Å². The van der Waals surface area contributed by atoms with Gasteiger partial charge >= 0.3 is 0 Å². The fourth-order valence-electron chi connectivity index (χ4n) is 3.22. The van der Waals surface area contributed by atoms with Crippen LogP contribution in [0.25, 0.3) is 0 Å². The smallest absolute Gasteiger partial charge is 0.242 e. The molecule has 2 fully saturated rings. The number of rotatable bonds is 8. The molecule has 1 atom stereocenters. The largest absolute Gasteiger partial charge is 0.325 e. The Bertz CT molecular complexity index is 1070. The Morgan fingerprint density at radius 2 is 1.93 bits per heavy atom. The van der Waals surface area contributed by atoms with Crippen molar-refractivity contribution in [2.75, 3.05) is 19.4 Å². The highest BCUT2D eigenvalue weighted by atomic mass is 32.2. The Balaban J connectivity index is 1.50. The van der Waals surface area contributed by atoms with E-state index >= 15 is 0 Å². The van der Waals surface area contributed by atoms with Crippen LogP contribution in [-0.2, 0) is 14.8 Å². The highest BCUT2D eigenvalue weighted by Crippen LogP contribution is 2.46. The second kappa shape index (κ2) is 7.97. The fourth-order valence-corrected chi connectivity index (χ4v) is 5.07. The second-order valence-electron chi connectivity index (χ2n) is 8.23. The topological polar surface area (TPSA) is 97.2 Å². The zero-order valence-electron chi connectivity index (χ0n) is 17.6. The number of nitrogens with one attached hydrogen (secondary N) is 1. The van der Waals surface area contributed by atoms with E-state index < -0.39 is 15.3 Å². The summed E-state index contributed by atoms with van der Waals surface area (Å²) in [4.78, 5) is 13.0. The van der Waals surface area contributed by atoms with Crippen molar-refractivity contribution in [1.82, 2.24) is 19.1 Å². The van der Waals surface area contributed by atoms with Crippen LogP contribution in [0.4, 0.5) is 5.69 Å². The highest BCUT2D eigenvalue weighted by Gasteiger charge is 2.37. The van der Waals surface area contributed by atoms with E-state index in [9.17, 15) is 13.2 Å². The molecule has 1 aromatic carbocycles. The minimum Gasteiger partial charge on any atom is -0.325 e. The summed E-state index contributed by atoms with van der Waals surface area (Å²) in [6.07, 6.45) is 4.60. The SMILES string of the molecule is Cc1ccc(S(=O)(=O)N(C)C)cc1NC(=O)[C@H](C)Sc1nnc(C2CC2)n1C1CC1. The predicted octanol–water partition coefficient (Wildman–Crippen LogP) is 3.17. The lowest BCUT2D eigenvalue weighted by Crippen LogP contribution is -2.25. The van der Waals surface area contributed by atoms with Gasteiger partial charge in [-0.2, -0.15) is 0 Å². The van der Waals surface area contributed by atoms with E-state index in [0.717, 1.165) is 46.5 Å². The highest BCUT2D eigenvalue weighted by molar-refractivity contribution is 8.00. The van der Waals surface area contributed by atoms with E-state index in [4.69, 9.17) is 0 Å². The van der Waals surface area contributed by atoms with Crippen molar-refractivity contribution < 1.29 is 13.2 Å². The molecular weight excluding hydrogens is 422 g/mol. The number of hydrogen-bond acceptors (Lipinski definition) is 6. The predicted molar refractivity (Wildman–Crippen MR) is 116 cm³/mol. The monoisotopic (exact) mass is 449 g/mol. The number of benzene rings is 1. The molecule has 4 rings (SSSR count). The van der Waals surface area contributed by atoms with Gasteiger partial charge < -0.3 is 9.88 Å². The summed E-state index contributed by atoms with van der Waals surface area (Å²) in [5.41, 5.74) is 1.30. The molecule has 30 heavy (non-hydrogen) atoms. The molecule has 0 aliphatic heterocycles. The van der Waals surface area contributed by atoms with E-state index in [1.165, 1.54) is 31.9 Å². The number of carbonyl (C=O) groups is 1. The van der Waals surface area contributed by atoms with Gasteiger partial charge in [-0.25, -0.2) is 12.7 Å². The van der Waals surface area contributed by atoms with E-state index in [1.807, 2.05) is 13.8 Å². The fraction of sp³-hybridized carbons (Fsp3) is 0.550. The first-order valence-electron chi connectivity index (χ1n) is 10.1. The van der Waals surface area contributed by atoms with Crippen molar-refractivity contribution >= 4 is 33.4 Å². The van der Waals surface area contributed by atoms with Crippen LogP contribution < -0.4 is 5.32 Å². The first-order chi connectivity index (χ1) is 14.2. The Labute approximate surface area is 181 Å². The molecule has 0 bridgehead atoms. The molecule has 8 nitrogen and oxygen atoms in total. The maximum Gasteiger partial charge on any atom is 0.242 e. The molecule has 2 aliphatic rings. The molecule has 2 aromatic rings. The van der Waals surface area contributed by atoms with Gasteiger partial charge in [-0.3, -0.25) is 4.79 Å². The molecule has 0 saturated heterocycles. The van der Waals surface area contributed by atoms with E-state index in [0.29, 0.717) is 17.6 Å². The third-order valence-corrected chi connectivity index (χ3v) is 8.31. The van der Waals surface area contributed by atoms with Gasteiger partial charge in [0.25, 0.3) is 0 Å². The van der Waals surface area contributed by atoms with E-state index in [2.05, 4.69) is 20.1 Å². The summed E-state index contributed by atoms with van der Waals surface area (Å²) in [6.45, 7) is 3.67. The Kier molecular flexibility index (Phi) is 5.67. The van der Waals surface area contributed by atoms with Gasteiger partial charge in [0.05, 0.1) is 10.1 Å². The first kappa shape index (κ1) is 21.3. The molecule has 162 valence electrons. The lowest BCUT2D eigenvalue weighted by atomic mass is 10.2. The van der Waals surface area contributed by atoms with Gasteiger partial charge in [0, 0.05) is 31.7 Å². The van der Waals surface area contributed by atoms with Crippen LogP contribution in [0.2, 0.25) is 0 Å². The van der Waals surface area contributed by atoms with Crippen molar-refractivity contribution in [2.24, 2.45) is 0 Å². The number of thioether (sulfide) groups is 1. The molecule has 0 unspecified atom stereocenters. The number of amides is 1. The number of aryl methyl sites for hydroxylation is 1. The van der Waals surface area contributed by atoms with Crippen molar-refractivity contribution in [3.63, 3.8) is 0 Å². The van der Waals surface area contributed by atoms with E-state index in [-0.39, 0.29) is 10.8 Å². The summed E-state index contributed by atoms with van der Waals surface area (Å²) < 4.78 is 28.2. The minimum absolute atomic E-state index is 0.149. The summed E-state index contributed by atoms with van der Waals surface area (Å²) in [5, 5.41) is 12.0. The van der Waals surface area contributed by atoms with Crippen LogP contribution in [0.3, 0.4) is 0 Å². The standard InChI is InChI=1S/C20H27N5O3S2/c1-12-5-10-16(30(27,28)24(3)4)11-17(12)21-19(26)13(2)29-20-23-22-18(14-6-7-14)25(20)15-8-9-15/h5,10-11,13-15H,6-9H2,1-4H3,(H,21,26)/t13-/m0/s1. The molecule has 1 aromatic heterocycles. The average molecular weight is 450 g/mol. The molecule has 0 spiro atoms. The van der Waals surface area contributed by atoms with Crippen LogP contribution in [0, 0.1) is 6.92 Å². The summed E-state index contributed by atoms with van der Waals surface area (Å²) >= 11 is 1.40. The molecule has 2 saturated carbocycles. The van der Waals surface area contributed by atoms with Crippen LogP contribution >= 0.6 is 11.8 Å². The van der Waals surface area contributed by atoms with Crippen LogP contribution in [0.15, 0.2) is 28.3 Å². The van der Waals surface area contributed by atoms with Gasteiger partial charge in [-0.1, -0.05) is 17.8 Å². The van der Waals surface area contributed by atoms with Gasteiger partial charge in [-0.05, 0) is 57.2 Å². The summed E-state index contributed by atoms with van der Waals surface area (Å²) in [7, 11) is -0.605. The van der Waals surface area contributed by atoms with Gasteiger partial charge in [0.1, 0.15) is 5.82 Å². The summed E-state index contributed by atoms with van der Waals surface area (Å²) in [5.74, 6) is 1.38. The van der Waals surface area contributed by atoms with Crippen molar-refractivity contribution in [2.45, 2.75) is 66.8 Å². The Morgan fingerprint density at radius 1 is 1.23 bits per heavy atom. The number of nitrogens with zero attached hydrogens (tertiary/aromatic N) is 4.